The van der Waals surface area contributed by atoms with Crippen molar-refractivity contribution in [2.45, 2.75) is 19.6 Å². The number of benzene rings is 3. The van der Waals surface area contributed by atoms with Gasteiger partial charge < -0.3 is 15.0 Å². The van der Waals surface area contributed by atoms with Crippen LogP contribution in [0.15, 0.2) is 66.7 Å². The second-order valence-electron chi connectivity index (χ2n) is 7.25. The number of carbonyl (C=O) groups excluding carboxylic acids is 2. The van der Waals surface area contributed by atoms with Gasteiger partial charge in [-0.2, -0.15) is 0 Å². The topological polar surface area (TPSA) is 102 Å². The van der Waals surface area contributed by atoms with Gasteiger partial charge in [-0.1, -0.05) is 23.7 Å². The number of nitrogens with one attached hydrogen (secondary N) is 1. The molecule has 32 heavy (non-hydrogen) atoms. The van der Waals surface area contributed by atoms with Gasteiger partial charge in [0.15, 0.2) is 6.10 Å². The summed E-state index contributed by atoms with van der Waals surface area (Å²) in [6.07, 6.45) is -0.643. The lowest BCUT2D eigenvalue weighted by atomic mass is 10.1. The van der Waals surface area contributed by atoms with Crippen molar-refractivity contribution in [3.8, 4) is 5.75 Å². The molecule has 8 nitrogen and oxygen atoms in total. The summed E-state index contributed by atoms with van der Waals surface area (Å²) in [7, 11) is 0. The van der Waals surface area contributed by atoms with E-state index in [1.165, 1.54) is 24.3 Å². The number of hydrogen-bond donors (Lipinski definition) is 1. The predicted octanol–water partition coefficient (Wildman–Crippen LogP) is 4.81. The number of amides is 2. The molecule has 0 saturated carbocycles. The largest absolute Gasteiger partial charge is 0.479 e. The van der Waals surface area contributed by atoms with Crippen LogP contribution in [-0.2, 0) is 11.3 Å². The number of rotatable bonds is 5. The Bertz CT molecular complexity index is 1200. The van der Waals surface area contributed by atoms with Gasteiger partial charge in [0, 0.05) is 28.4 Å². The Labute approximate surface area is 188 Å². The standard InChI is InChI=1S/C23H18ClN3O5/c1-14-23(29)26(13-15-2-6-17(24)7-3-15)20-12-18(8-11-21(20)32-14)25-22(28)16-4-9-19(10-5-16)27(30)31/h2-12,14H,13H2,1H3,(H,25,28). The number of halogens is 1. The molecule has 3 aromatic rings. The SMILES string of the molecule is CC1Oc2ccc(NC(=O)c3ccc([N+](=O)[O-])cc3)cc2N(Cc2ccc(Cl)cc2)C1=O. The molecule has 1 aliphatic heterocycles. The van der Waals surface area contributed by atoms with E-state index in [0.29, 0.717) is 28.7 Å². The van der Waals surface area contributed by atoms with Crippen molar-refractivity contribution in [3.05, 3.63) is 93.0 Å². The van der Waals surface area contributed by atoms with Crippen LogP contribution in [0.4, 0.5) is 17.1 Å². The highest BCUT2D eigenvalue weighted by atomic mass is 35.5. The lowest BCUT2D eigenvalue weighted by Gasteiger charge is -2.33. The monoisotopic (exact) mass is 451 g/mol. The molecule has 3 aromatic carbocycles. The predicted molar refractivity (Wildman–Crippen MR) is 120 cm³/mol. The van der Waals surface area contributed by atoms with Gasteiger partial charge in [-0.3, -0.25) is 19.7 Å². The molecule has 0 aliphatic carbocycles. The van der Waals surface area contributed by atoms with E-state index in [-0.39, 0.29) is 17.2 Å². The average molecular weight is 452 g/mol. The highest BCUT2D eigenvalue weighted by Crippen LogP contribution is 2.37. The summed E-state index contributed by atoms with van der Waals surface area (Å²) in [4.78, 5) is 37.3. The molecule has 2 amide bonds. The van der Waals surface area contributed by atoms with Crippen LogP contribution in [0.5, 0.6) is 5.75 Å². The molecule has 162 valence electrons. The van der Waals surface area contributed by atoms with Crippen molar-refractivity contribution in [2.24, 2.45) is 0 Å². The molecule has 1 aliphatic rings. The molecule has 0 saturated heterocycles. The van der Waals surface area contributed by atoms with Crippen LogP contribution in [0.25, 0.3) is 0 Å². The summed E-state index contributed by atoms with van der Waals surface area (Å²) >= 11 is 5.96. The van der Waals surface area contributed by atoms with Gasteiger partial charge in [-0.05, 0) is 55.0 Å². The zero-order valence-corrected chi connectivity index (χ0v) is 17.7. The van der Waals surface area contributed by atoms with Crippen LogP contribution in [0.1, 0.15) is 22.8 Å². The molecule has 0 fully saturated rings. The lowest BCUT2D eigenvalue weighted by molar-refractivity contribution is -0.384. The first-order valence-corrected chi connectivity index (χ1v) is 10.1. The van der Waals surface area contributed by atoms with Crippen molar-refractivity contribution < 1.29 is 19.2 Å². The number of nitro benzene ring substituents is 1. The molecule has 0 aromatic heterocycles. The molecule has 1 N–H and O–H groups in total. The molecule has 1 atom stereocenters. The Kier molecular flexibility index (Phi) is 5.79. The first kappa shape index (κ1) is 21.3. The van der Waals surface area contributed by atoms with Crippen LogP contribution in [0.2, 0.25) is 5.02 Å². The third-order valence-corrected chi connectivity index (χ3v) is 5.27. The third kappa shape index (κ3) is 4.40. The normalized spacial score (nSPS) is 15.0. The smallest absolute Gasteiger partial charge is 0.269 e. The maximum Gasteiger partial charge on any atom is 0.269 e. The molecule has 0 bridgehead atoms. The second-order valence-corrected chi connectivity index (χ2v) is 7.69. The number of nitro groups is 1. The molecular formula is C23H18ClN3O5. The number of ether oxygens (including phenoxy) is 1. The summed E-state index contributed by atoms with van der Waals surface area (Å²) < 4.78 is 5.72. The van der Waals surface area contributed by atoms with Gasteiger partial charge in [0.25, 0.3) is 17.5 Å². The Morgan fingerprint density at radius 2 is 1.81 bits per heavy atom. The van der Waals surface area contributed by atoms with Crippen LogP contribution < -0.4 is 15.0 Å². The summed E-state index contributed by atoms with van der Waals surface area (Å²) in [6, 6.07) is 17.5. The van der Waals surface area contributed by atoms with E-state index in [4.69, 9.17) is 16.3 Å². The summed E-state index contributed by atoms with van der Waals surface area (Å²) in [5, 5.41) is 14.2. The third-order valence-electron chi connectivity index (χ3n) is 5.02. The Morgan fingerprint density at radius 3 is 2.47 bits per heavy atom. The lowest BCUT2D eigenvalue weighted by Crippen LogP contribution is -2.44. The van der Waals surface area contributed by atoms with E-state index in [1.54, 1.807) is 42.2 Å². The van der Waals surface area contributed by atoms with E-state index in [9.17, 15) is 19.7 Å². The van der Waals surface area contributed by atoms with E-state index >= 15 is 0 Å². The van der Waals surface area contributed by atoms with Crippen LogP contribution in [-0.4, -0.2) is 22.8 Å². The van der Waals surface area contributed by atoms with Gasteiger partial charge in [0.05, 0.1) is 17.2 Å². The maximum atomic E-state index is 12.8. The van der Waals surface area contributed by atoms with E-state index < -0.39 is 16.9 Å². The van der Waals surface area contributed by atoms with Crippen LogP contribution >= 0.6 is 11.6 Å². The van der Waals surface area contributed by atoms with Crippen molar-refractivity contribution in [3.63, 3.8) is 0 Å². The van der Waals surface area contributed by atoms with Gasteiger partial charge >= 0.3 is 0 Å². The Morgan fingerprint density at radius 1 is 1.12 bits per heavy atom. The fraction of sp³-hybridized carbons (Fsp3) is 0.130. The number of fused-ring (bicyclic) bond motifs is 1. The molecule has 1 unspecified atom stereocenters. The van der Waals surface area contributed by atoms with Gasteiger partial charge in [0.1, 0.15) is 5.75 Å². The average Bonchev–Trinajstić information content (AvgIpc) is 2.78. The minimum absolute atomic E-state index is 0.0991. The summed E-state index contributed by atoms with van der Waals surface area (Å²) in [6.45, 7) is 2.00. The molecule has 9 heteroatoms. The van der Waals surface area contributed by atoms with Crippen LogP contribution in [0, 0.1) is 10.1 Å². The Balaban J connectivity index is 1.59. The molecule has 4 rings (SSSR count). The number of anilines is 2. The molecule has 1 heterocycles. The maximum absolute atomic E-state index is 12.8. The quantitative estimate of drug-likeness (QED) is 0.443. The van der Waals surface area contributed by atoms with Crippen molar-refractivity contribution in [2.75, 3.05) is 10.2 Å². The number of hydrogen-bond acceptors (Lipinski definition) is 5. The first-order valence-electron chi connectivity index (χ1n) is 9.74. The highest BCUT2D eigenvalue weighted by molar-refractivity contribution is 6.30. The number of nitrogens with zero attached hydrogens (tertiary/aromatic N) is 2. The van der Waals surface area contributed by atoms with E-state index in [2.05, 4.69) is 5.32 Å². The number of non-ortho nitro benzene ring substituents is 1. The minimum Gasteiger partial charge on any atom is -0.479 e. The second kappa shape index (κ2) is 8.68. The van der Waals surface area contributed by atoms with E-state index in [1.807, 2.05) is 12.1 Å². The minimum atomic E-state index is -0.643. The molecule has 0 spiro atoms. The zero-order valence-electron chi connectivity index (χ0n) is 16.9. The summed E-state index contributed by atoms with van der Waals surface area (Å²) in [5.41, 5.74) is 2.05. The van der Waals surface area contributed by atoms with Crippen molar-refractivity contribution in [1.29, 1.82) is 0 Å². The first-order chi connectivity index (χ1) is 15.3. The van der Waals surface area contributed by atoms with E-state index in [0.717, 1.165) is 5.56 Å². The number of carbonyl (C=O) groups is 2. The molecule has 0 radical (unpaired) electrons. The fourth-order valence-electron chi connectivity index (χ4n) is 3.36. The summed E-state index contributed by atoms with van der Waals surface area (Å²) in [5.74, 6) is -0.105. The fourth-order valence-corrected chi connectivity index (χ4v) is 3.48. The van der Waals surface area contributed by atoms with Crippen molar-refractivity contribution in [1.82, 2.24) is 0 Å². The van der Waals surface area contributed by atoms with Gasteiger partial charge in [-0.15, -0.1) is 0 Å². The highest BCUT2D eigenvalue weighted by Gasteiger charge is 2.32. The Hall–Kier alpha value is -3.91. The van der Waals surface area contributed by atoms with Gasteiger partial charge in [0.2, 0.25) is 0 Å². The van der Waals surface area contributed by atoms with Gasteiger partial charge in [-0.25, -0.2) is 0 Å². The molecular weight excluding hydrogens is 434 g/mol. The van der Waals surface area contributed by atoms with Crippen molar-refractivity contribution >= 4 is 40.5 Å². The zero-order chi connectivity index (χ0) is 22.8. The van der Waals surface area contributed by atoms with Crippen LogP contribution in [0.3, 0.4) is 0 Å².